The number of hydrogen-bond donors (Lipinski definition) is 0. The maximum Gasteiger partial charge on any atom is 0.248 e. The van der Waals surface area contributed by atoms with E-state index in [0.29, 0.717) is 26.0 Å². The van der Waals surface area contributed by atoms with Gasteiger partial charge in [0.05, 0.1) is 11.0 Å². The second-order valence-electron chi connectivity index (χ2n) is 8.63. The van der Waals surface area contributed by atoms with Gasteiger partial charge in [0.1, 0.15) is 29.8 Å². The third kappa shape index (κ3) is 4.78. The molecule has 0 atom stereocenters. The number of imidazole rings is 1. The Bertz CT molecular complexity index is 1410. The fourth-order valence-corrected chi connectivity index (χ4v) is 6.13. The van der Waals surface area contributed by atoms with Crippen molar-refractivity contribution < 1.29 is 21.9 Å². The zero-order valence-corrected chi connectivity index (χ0v) is 19.8. The molecule has 1 aliphatic rings. The highest BCUT2D eigenvalue weighted by molar-refractivity contribution is 7.89. The number of halogens is 2. The van der Waals surface area contributed by atoms with E-state index in [1.807, 2.05) is 54.6 Å². The zero-order chi connectivity index (χ0) is 24.4. The molecule has 9 heteroatoms. The van der Waals surface area contributed by atoms with Crippen molar-refractivity contribution >= 4 is 21.1 Å². The van der Waals surface area contributed by atoms with Crippen LogP contribution in [-0.4, -0.2) is 35.4 Å². The van der Waals surface area contributed by atoms with E-state index in [1.165, 1.54) is 4.31 Å². The Balaban J connectivity index is 1.32. The lowest BCUT2D eigenvalue weighted by molar-refractivity contribution is 0.243. The molecule has 182 valence electrons. The van der Waals surface area contributed by atoms with Crippen LogP contribution in [0.5, 0.6) is 5.75 Å². The van der Waals surface area contributed by atoms with Gasteiger partial charge in [0, 0.05) is 19.6 Å². The molecule has 35 heavy (non-hydrogen) atoms. The molecule has 0 spiro atoms. The van der Waals surface area contributed by atoms with Gasteiger partial charge in [0.25, 0.3) is 0 Å². The first-order chi connectivity index (χ1) is 16.9. The van der Waals surface area contributed by atoms with Crippen molar-refractivity contribution in [2.24, 2.45) is 5.92 Å². The fraction of sp³-hybridized carbons (Fsp3) is 0.269. The highest BCUT2D eigenvalue weighted by Crippen LogP contribution is 2.29. The summed E-state index contributed by atoms with van der Waals surface area (Å²) < 4.78 is 63.4. The Labute approximate surface area is 202 Å². The predicted octanol–water partition coefficient (Wildman–Crippen LogP) is 4.99. The Morgan fingerprint density at radius 2 is 1.54 bits per heavy atom. The van der Waals surface area contributed by atoms with Crippen molar-refractivity contribution in [2.75, 3.05) is 13.1 Å². The van der Waals surface area contributed by atoms with Gasteiger partial charge >= 0.3 is 0 Å². The third-order valence-electron chi connectivity index (χ3n) is 6.38. The highest BCUT2D eigenvalue weighted by Gasteiger charge is 2.34. The van der Waals surface area contributed by atoms with Crippen LogP contribution < -0.4 is 4.74 Å². The minimum absolute atomic E-state index is 0.181. The van der Waals surface area contributed by atoms with Crippen molar-refractivity contribution in [3.05, 3.63) is 90.3 Å². The van der Waals surface area contributed by atoms with Crippen LogP contribution in [0.1, 0.15) is 18.7 Å². The number of aromatic nitrogens is 2. The summed E-state index contributed by atoms with van der Waals surface area (Å²) in [6.07, 6.45) is 1.14. The lowest BCUT2D eigenvalue weighted by Gasteiger charge is -2.31. The number of benzene rings is 3. The van der Waals surface area contributed by atoms with E-state index in [1.54, 1.807) is 0 Å². The van der Waals surface area contributed by atoms with Crippen molar-refractivity contribution in [3.8, 4) is 5.75 Å². The van der Waals surface area contributed by atoms with E-state index < -0.39 is 26.6 Å². The Morgan fingerprint density at radius 3 is 2.26 bits per heavy atom. The van der Waals surface area contributed by atoms with Gasteiger partial charge < -0.3 is 9.30 Å². The smallest absolute Gasteiger partial charge is 0.248 e. The fourth-order valence-electron chi connectivity index (χ4n) is 4.55. The molecule has 1 saturated heterocycles. The molecule has 1 aliphatic heterocycles. The van der Waals surface area contributed by atoms with Crippen LogP contribution in [0.4, 0.5) is 8.78 Å². The van der Waals surface area contributed by atoms with E-state index in [9.17, 15) is 17.2 Å². The van der Waals surface area contributed by atoms with E-state index in [-0.39, 0.29) is 19.0 Å². The molecule has 1 aromatic heterocycles. The standard InChI is InChI=1S/C26H25F2N3O3S/c27-21-9-6-10-22(28)26(21)35(32,33)30-15-13-19(14-16-30)17-31-24-12-5-4-11-23(24)29-25(31)18-34-20-7-2-1-3-8-20/h1-12,19H,13-18H2. The Morgan fingerprint density at radius 1 is 0.886 bits per heavy atom. The molecule has 2 heterocycles. The Kier molecular flexibility index (Phi) is 6.53. The minimum Gasteiger partial charge on any atom is -0.486 e. The monoisotopic (exact) mass is 497 g/mol. The first kappa shape index (κ1) is 23.4. The maximum absolute atomic E-state index is 14.1. The summed E-state index contributed by atoms with van der Waals surface area (Å²) in [7, 11) is -4.25. The topological polar surface area (TPSA) is 64.4 Å². The molecule has 6 nitrogen and oxygen atoms in total. The van der Waals surface area contributed by atoms with Crippen molar-refractivity contribution in [1.29, 1.82) is 0 Å². The molecule has 0 bridgehead atoms. The number of para-hydroxylation sites is 3. The van der Waals surface area contributed by atoms with Crippen LogP contribution >= 0.6 is 0 Å². The first-order valence-corrected chi connectivity index (χ1v) is 12.9. The molecule has 5 rings (SSSR count). The number of hydrogen-bond acceptors (Lipinski definition) is 4. The summed E-state index contributed by atoms with van der Waals surface area (Å²) in [4.78, 5) is 3.88. The number of nitrogens with zero attached hydrogens (tertiary/aromatic N) is 3. The van der Waals surface area contributed by atoms with Crippen molar-refractivity contribution in [1.82, 2.24) is 13.9 Å². The molecule has 0 amide bonds. The van der Waals surface area contributed by atoms with Crippen LogP contribution in [-0.2, 0) is 23.2 Å². The van der Waals surface area contributed by atoms with Crippen LogP contribution in [0.3, 0.4) is 0 Å². The SMILES string of the molecule is O=S(=O)(c1c(F)cccc1F)N1CCC(Cn2c(COc3ccccc3)nc3ccccc32)CC1. The van der Waals surface area contributed by atoms with E-state index in [4.69, 9.17) is 9.72 Å². The lowest BCUT2D eigenvalue weighted by atomic mass is 9.98. The zero-order valence-electron chi connectivity index (χ0n) is 19.0. The summed E-state index contributed by atoms with van der Waals surface area (Å²) in [5, 5.41) is 0. The number of fused-ring (bicyclic) bond motifs is 1. The molecule has 0 N–H and O–H groups in total. The molecule has 0 unspecified atom stereocenters. The molecular formula is C26H25F2N3O3S. The number of piperidine rings is 1. The number of rotatable bonds is 7. The van der Waals surface area contributed by atoms with Crippen LogP contribution in [0, 0.1) is 17.6 Å². The second kappa shape index (κ2) is 9.75. The Hall–Kier alpha value is -3.30. The van der Waals surface area contributed by atoms with Crippen LogP contribution in [0.15, 0.2) is 77.7 Å². The van der Waals surface area contributed by atoms with Crippen LogP contribution in [0.25, 0.3) is 11.0 Å². The summed E-state index contributed by atoms with van der Waals surface area (Å²) in [6.45, 7) is 1.35. The summed E-state index contributed by atoms with van der Waals surface area (Å²) in [5.74, 6) is -0.413. The molecule has 1 fully saturated rings. The maximum atomic E-state index is 14.1. The average molecular weight is 498 g/mol. The molecule has 0 radical (unpaired) electrons. The van der Waals surface area contributed by atoms with E-state index in [0.717, 1.165) is 40.8 Å². The molecule has 4 aromatic rings. The largest absolute Gasteiger partial charge is 0.486 e. The second-order valence-corrected chi connectivity index (χ2v) is 10.5. The molecular weight excluding hydrogens is 472 g/mol. The minimum atomic E-state index is -4.25. The molecule has 3 aromatic carbocycles. The van der Waals surface area contributed by atoms with Gasteiger partial charge in [0.15, 0.2) is 4.90 Å². The quantitative estimate of drug-likeness (QED) is 0.361. The predicted molar refractivity (Wildman–Crippen MR) is 128 cm³/mol. The van der Waals surface area contributed by atoms with Gasteiger partial charge in [-0.2, -0.15) is 4.31 Å². The summed E-state index contributed by atoms with van der Waals surface area (Å²) in [5.41, 5.74) is 1.86. The molecule has 0 aliphatic carbocycles. The van der Waals surface area contributed by atoms with E-state index in [2.05, 4.69) is 4.57 Å². The first-order valence-electron chi connectivity index (χ1n) is 11.5. The normalized spacial score (nSPS) is 15.5. The highest BCUT2D eigenvalue weighted by atomic mass is 32.2. The summed E-state index contributed by atoms with van der Waals surface area (Å²) >= 11 is 0. The average Bonchev–Trinajstić information content (AvgIpc) is 3.21. The third-order valence-corrected chi connectivity index (χ3v) is 8.33. The molecule has 0 saturated carbocycles. The van der Waals surface area contributed by atoms with Gasteiger partial charge in [-0.1, -0.05) is 36.4 Å². The summed E-state index contributed by atoms with van der Waals surface area (Å²) in [6, 6.07) is 20.5. The van der Waals surface area contributed by atoms with Gasteiger partial charge in [-0.25, -0.2) is 22.2 Å². The van der Waals surface area contributed by atoms with Crippen LogP contribution in [0.2, 0.25) is 0 Å². The van der Waals surface area contributed by atoms with Gasteiger partial charge in [0.2, 0.25) is 10.0 Å². The number of ether oxygens (including phenoxy) is 1. The number of sulfonamides is 1. The lowest BCUT2D eigenvalue weighted by Crippen LogP contribution is -2.40. The van der Waals surface area contributed by atoms with Crippen molar-refractivity contribution in [3.63, 3.8) is 0 Å². The van der Waals surface area contributed by atoms with E-state index >= 15 is 0 Å². The van der Waals surface area contributed by atoms with Gasteiger partial charge in [-0.15, -0.1) is 0 Å². The van der Waals surface area contributed by atoms with Gasteiger partial charge in [-0.05, 0) is 55.2 Å². The van der Waals surface area contributed by atoms with Gasteiger partial charge in [-0.3, -0.25) is 0 Å². The van der Waals surface area contributed by atoms with Crippen molar-refractivity contribution in [2.45, 2.75) is 30.9 Å².